The number of furan rings is 1. The molecule has 0 unspecified atom stereocenters. The molecule has 2 N–H and O–H groups in total. The van der Waals surface area contributed by atoms with E-state index in [1.807, 2.05) is 48.5 Å². The number of amides is 1. The van der Waals surface area contributed by atoms with E-state index in [-0.39, 0.29) is 18.6 Å². The lowest BCUT2D eigenvalue weighted by atomic mass is 9.88. The van der Waals surface area contributed by atoms with E-state index in [4.69, 9.17) is 14.9 Å². The molecule has 0 spiro atoms. The van der Waals surface area contributed by atoms with Crippen LogP contribution in [0.25, 0.3) is 28.5 Å². The molecule has 1 aliphatic rings. The Morgan fingerprint density at radius 2 is 1.84 bits per heavy atom. The molecular weight excluding hydrogens is 468 g/mol. The molecule has 4 heterocycles. The van der Waals surface area contributed by atoms with Gasteiger partial charge >= 0.3 is 6.09 Å². The lowest BCUT2D eigenvalue weighted by Crippen LogP contribution is -2.38. The van der Waals surface area contributed by atoms with Gasteiger partial charge in [-0.25, -0.2) is 14.8 Å². The molecule has 1 saturated heterocycles. The van der Waals surface area contributed by atoms with Gasteiger partial charge in [0.15, 0.2) is 11.4 Å². The molecule has 6 rings (SSSR count). The fourth-order valence-electron chi connectivity index (χ4n) is 4.73. The van der Waals surface area contributed by atoms with Crippen molar-refractivity contribution >= 4 is 17.7 Å². The van der Waals surface area contributed by atoms with Crippen LogP contribution in [0.1, 0.15) is 29.9 Å². The maximum absolute atomic E-state index is 12.5. The minimum atomic E-state index is -0.258. The van der Waals surface area contributed by atoms with Crippen LogP contribution in [-0.2, 0) is 11.3 Å². The molecule has 37 heavy (non-hydrogen) atoms. The number of aromatic nitrogens is 4. The molecule has 2 aromatic carbocycles. The average Bonchev–Trinajstić information content (AvgIpc) is 3.63. The Morgan fingerprint density at radius 1 is 1.00 bits per heavy atom. The van der Waals surface area contributed by atoms with Gasteiger partial charge in [-0.05, 0) is 48.1 Å². The first-order valence-electron chi connectivity index (χ1n) is 12.3. The van der Waals surface area contributed by atoms with Crippen LogP contribution in [0.15, 0.2) is 83.5 Å². The highest BCUT2D eigenvalue weighted by Crippen LogP contribution is 2.31. The second-order valence-corrected chi connectivity index (χ2v) is 9.11. The van der Waals surface area contributed by atoms with Crippen LogP contribution < -0.4 is 5.73 Å². The second-order valence-electron chi connectivity index (χ2n) is 9.11. The molecule has 1 aliphatic heterocycles. The van der Waals surface area contributed by atoms with Crippen molar-refractivity contribution < 1.29 is 13.9 Å². The van der Waals surface area contributed by atoms with Crippen LogP contribution in [0.3, 0.4) is 0 Å². The number of nitrogens with zero attached hydrogens (tertiary/aromatic N) is 5. The molecule has 0 atom stereocenters. The summed E-state index contributed by atoms with van der Waals surface area (Å²) < 4.78 is 12.4. The molecule has 3 aromatic heterocycles. The predicted molar refractivity (Wildman–Crippen MR) is 139 cm³/mol. The summed E-state index contributed by atoms with van der Waals surface area (Å²) in [6.45, 7) is 1.61. The molecule has 0 saturated carbocycles. The fraction of sp³-hybridized carbons (Fsp3) is 0.214. The zero-order valence-corrected chi connectivity index (χ0v) is 20.2. The Balaban J connectivity index is 1.14. The first-order valence-corrected chi connectivity index (χ1v) is 12.3. The van der Waals surface area contributed by atoms with Gasteiger partial charge in [0.1, 0.15) is 6.61 Å². The van der Waals surface area contributed by atoms with Gasteiger partial charge in [0.25, 0.3) is 0 Å². The molecule has 0 aliphatic carbocycles. The highest BCUT2D eigenvalue weighted by atomic mass is 16.6. The summed E-state index contributed by atoms with van der Waals surface area (Å²) in [7, 11) is 0. The zero-order valence-electron chi connectivity index (χ0n) is 20.2. The zero-order chi connectivity index (χ0) is 25.2. The number of anilines is 1. The summed E-state index contributed by atoms with van der Waals surface area (Å²) >= 11 is 0. The number of hydrogen-bond donors (Lipinski definition) is 1. The van der Waals surface area contributed by atoms with Crippen molar-refractivity contribution in [1.29, 1.82) is 0 Å². The smallest absolute Gasteiger partial charge is 0.410 e. The number of hydrogen-bond acceptors (Lipinski definition) is 7. The monoisotopic (exact) mass is 494 g/mol. The van der Waals surface area contributed by atoms with E-state index in [9.17, 15) is 4.79 Å². The number of rotatable bonds is 5. The molecule has 186 valence electrons. The molecule has 9 heteroatoms. The van der Waals surface area contributed by atoms with Crippen molar-refractivity contribution in [3.63, 3.8) is 0 Å². The molecule has 9 nitrogen and oxygen atoms in total. The maximum Gasteiger partial charge on any atom is 0.410 e. The Kier molecular flexibility index (Phi) is 6.02. The highest BCUT2D eigenvalue weighted by Gasteiger charge is 2.25. The van der Waals surface area contributed by atoms with Crippen LogP contribution in [0.2, 0.25) is 0 Å². The standard InChI is InChI=1S/C28H26N6O3/c29-27-30-23(17-25-31-26(32-34(25)27)24-10-5-15-36-24)22-9-4-8-21(16-22)20-11-13-33(14-12-20)28(35)37-18-19-6-2-1-3-7-19/h1-10,15-17,20H,11-14,18H2,(H2,29,30). The van der Waals surface area contributed by atoms with Gasteiger partial charge in [0.2, 0.25) is 11.8 Å². The summed E-state index contributed by atoms with van der Waals surface area (Å²) in [5.74, 6) is 1.63. The quantitative estimate of drug-likeness (QED) is 0.360. The molecule has 0 radical (unpaired) electrons. The SMILES string of the molecule is Nc1nc(-c2cccc(C3CCN(C(=O)OCc4ccccc4)CC3)c2)cc2nc(-c3ccco3)nn12. The van der Waals surface area contributed by atoms with Crippen molar-refractivity contribution in [3.05, 3.63) is 90.2 Å². The lowest BCUT2D eigenvalue weighted by Gasteiger charge is -2.31. The van der Waals surface area contributed by atoms with E-state index in [0.29, 0.717) is 36.2 Å². The topological polar surface area (TPSA) is 112 Å². The van der Waals surface area contributed by atoms with E-state index in [2.05, 4.69) is 27.2 Å². The van der Waals surface area contributed by atoms with Crippen molar-refractivity contribution in [3.8, 4) is 22.8 Å². The van der Waals surface area contributed by atoms with Gasteiger partial charge in [-0.1, -0.05) is 48.5 Å². The number of ether oxygens (including phenoxy) is 1. The first kappa shape index (κ1) is 22.8. The summed E-state index contributed by atoms with van der Waals surface area (Å²) in [5.41, 5.74) is 10.7. The van der Waals surface area contributed by atoms with Crippen LogP contribution in [0, 0.1) is 0 Å². The number of likely N-dealkylation sites (tertiary alicyclic amines) is 1. The van der Waals surface area contributed by atoms with Gasteiger partial charge in [0, 0.05) is 24.7 Å². The van der Waals surface area contributed by atoms with Gasteiger partial charge in [-0.3, -0.25) is 0 Å². The van der Waals surface area contributed by atoms with Crippen molar-refractivity contribution in [1.82, 2.24) is 24.5 Å². The molecule has 0 bridgehead atoms. The lowest BCUT2D eigenvalue weighted by molar-refractivity contribution is 0.0870. The number of fused-ring (bicyclic) bond motifs is 1. The van der Waals surface area contributed by atoms with Crippen LogP contribution in [0.5, 0.6) is 0 Å². The van der Waals surface area contributed by atoms with Crippen LogP contribution in [0.4, 0.5) is 10.7 Å². The van der Waals surface area contributed by atoms with Crippen LogP contribution >= 0.6 is 0 Å². The Bertz CT molecular complexity index is 1520. The van der Waals surface area contributed by atoms with Gasteiger partial charge in [-0.2, -0.15) is 4.52 Å². The average molecular weight is 495 g/mol. The third-order valence-corrected chi connectivity index (χ3v) is 6.70. The minimum Gasteiger partial charge on any atom is -0.461 e. The first-order chi connectivity index (χ1) is 18.1. The Hall–Kier alpha value is -4.66. The van der Waals surface area contributed by atoms with E-state index in [1.165, 1.54) is 10.1 Å². The van der Waals surface area contributed by atoms with E-state index >= 15 is 0 Å². The number of carbonyl (C=O) groups excluding carboxylic acids is 1. The Labute approximate surface area is 213 Å². The van der Waals surface area contributed by atoms with E-state index in [1.54, 1.807) is 23.3 Å². The third kappa shape index (κ3) is 4.75. The second kappa shape index (κ2) is 9.77. The fourth-order valence-corrected chi connectivity index (χ4v) is 4.73. The summed E-state index contributed by atoms with van der Waals surface area (Å²) in [5, 5.41) is 4.41. The van der Waals surface area contributed by atoms with Gasteiger partial charge in [-0.15, -0.1) is 5.10 Å². The van der Waals surface area contributed by atoms with Crippen molar-refractivity contribution in [2.24, 2.45) is 0 Å². The summed E-state index contributed by atoms with van der Waals surface area (Å²) in [6.07, 6.45) is 3.06. The maximum atomic E-state index is 12.5. The molecule has 1 amide bonds. The number of benzene rings is 2. The predicted octanol–water partition coefficient (Wildman–Crippen LogP) is 5.15. The van der Waals surface area contributed by atoms with E-state index in [0.717, 1.165) is 29.7 Å². The van der Waals surface area contributed by atoms with Gasteiger partial charge < -0.3 is 19.8 Å². The molecule has 1 fully saturated rings. The van der Waals surface area contributed by atoms with Crippen molar-refractivity contribution in [2.45, 2.75) is 25.4 Å². The van der Waals surface area contributed by atoms with Gasteiger partial charge in [0.05, 0.1) is 12.0 Å². The third-order valence-electron chi connectivity index (χ3n) is 6.70. The normalized spacial score (nSPS) is 14.2. The van der Waals surface area contributed by atoms with Crippen LogP contribution in [-0.4, -0.2) is 43.7 Å². The number of piperidine rings is 1. The summed E-state index contributed by atoms with van der Waals surface area (Å²) in [4.78, 5) is 23.5. The Morgan fingerprint density at radius 3 is 2.62 bits per heavy atom. The molecular formula is C28H26N6O3. The van der Waals surface area contributed by atoms with E-state index < -0.39 is 0 Å². The summed E-state index contributed by atoms with van der Waals surface area (Å²) in [6, 6.07) is 23.5. The highest BCUT2D eigenvalue weighted by molar-refractivity contribution is 5.68. The minimum absolute atomic E-state index is 0.255. The largest absolute Gasteiger partial charge is 0.461 e. The van der Waals surface area contributed by atoms with Crippen molar-refractivity contribution in [2.75, 3.05) is 18.8 Å². The number of nitrogen functional groups attached to an aromatic ring is 1. The molecule has 5 aromatic rings. The number of nitrogens with two attached hydrogens (primary N) is 1. The number of carbonyl (C=O) groups is 1.